The van der Waals surface area contributed by atoms with E-state index in [2.05, 4.69) is 15.9 Å². The third-order valence-corrected chi connectivity index (χ3v) is 3.06. The van der Waals surface area contributed by atoms with E-state index in [-0.39, 0.29) is 16.8 Å². The van der Waals surface area contributed by atoms with Crippen LogP contribution in [0.25, 0.3) is 0 Å². The summed E-state index contributed by atoms with van der Waals surface area (Å²) in [6, 6.07) is 11.9. The number of benzene rings is 2. The van der Waals surface area contributed by atoms with Crippen molar-refractivity contribution in [2.24, 2.45) is 0 Å². The van der Waals surface area contributed by atoms with Gasteiger partial charge in [0.2, 0.25) is 11.6 Å². The summed E-state index contributed by atoms with van der Waals surface area (Å²) in [6.07, 6.45) is 0. The van der Waals surface area contributed by atoms with E-state index in [1.54, 1.807) is 0 Å². The molecular formula is C13H9BrFNO3. The van der Waals surface area contributed by atoms with Gasteiger partial charge in [-0.15, -0.1) is 0 Å². The Bertz CT molecular complexity index is 604. The summed E-state index contributed by atoms with van der Waals surface area (Å²) in [4.78, 5) is 10.1. The first-order valence-electron chi connectivity index (χ1n) is 5.38. The van der Waals surface area contributed by atoms with Gasteiger partial charge in [-0.2, -0.15) is 4.39 Å². The molecule has 2 aromatic carbocycles. The molecule has 2 rings (SSSR count). The smallest absolute Gasteiger partial charge is 0.347 e. The van der Waals surface area contributed by atoms with Crippen molar-refractivity contribution >= 4 is 21.6 Å². The van der Waals surface area contributed by atoms with Crippen molar-refractivity contribution in [3.05, 3.63) is 68.4 Å². The van der Waals surface area contributed by atoms with Crippen LogP contribution < -0.4 is 4.74 Å². The van der Waals surface area contributed by atoms with Crippen LogP contribution in [0, 0.1) is 15.9 Å². The fourth-order valence-electron chi connectivity index (χ4n) is 1.54. The van der Waals surface area contributed by atoms with E-state index in [9.17, 15) is 14.5 Å². The van der Waals surface area contributed by atoms with E-state index < -0.39 is 16.4 Å². The van der Waals surface area contributed by atoms with Crippen molar-refractivity contribution in [3.63, 3.8) is 0 Å². The van der Waals surface area contributed by atoms with Crippen LogP contribution in [-0.4, -0.2) is 4.92 Å². The molecule has 0 N–H and O–H groups in total. The number of ether oxygens (including phenoxy) is 1. The van der Waals surface area contributed by atoms with Crippen molar-refractivity contribution in [1.82, 2.24) is 0 Å². The van der Waals surface area contributed by atoms with Crippen molar-refractivity contribution in [3.8, 4) is 5.75 Å². The molecule has 2 aromatic rings. The zero-order valence-electron chi connectivity index (χ0n) is 9.68. The van der Waals surface area contributed by atoms with Gasteiger partial charge < -0.3 is 4.74 Å². The lowest BCUT2D eigenvalue weighted by molar-refractivity contribution is -0.388. The summed E-state index contributed by atoms with van der Waals surface area (Å²) in [7, 11) is 0. The van der Waals surface area contributed by atoms with Gasteiger partial charge in [0, 0.05) is 0 Å². The van der Waals surface area contributed by atoms with Crippen molar-refractivity contribution in [1.29, 1.82) is 0 Å². The van der Waals surface area contributed by atoms with Crippen molar-refractivity contribution in [2.75, 3.05) is 0 Å². The highest BCUT2D eigenvalue weighted by Crippen LogP contribution is 2.34. The third kappa shape index (κ3) is 3.08. The van der Waals surface area contributed by atoms with Crippen LogP contribution in [0.3, 0.4) is 0 Å². The second kappa shape index (κ2) is 5.79. The maximum absolute atomic E-state index is 13.7. The zero-order chi connectivity index (χ0) is 13.8. The number of hydrogen-bond acceptors (Lipinski definition) is 3. The van der Waals surface area contributed by atoms with Gasteiger partial charge in [0.25, 0.3) is 0 Å². The second-order valence-corrected chi connectivity index (χ2v) is 4.59. The lowest BCUT2D eigenvalue weighted by Crippen LogP contribution is -2.01. The Morgan fingerprint density at radius 1 is 1.21 bits per heavy atom. The molecule has 0 heterocycles. The first-order chi connectivity index (χ1) is 9.09. The van der Waals surface area contributed by atoms with Gasteiger partial charge in [0.05, 0.1) is 9.40 Å². The van der Waals surface area contributed by atoms with Gasteiger partial charge in [-0.1, -0.05) is 30.3 Å². The molecule has 0 aliphatic heterocycles. The number of halogens is 2. The Labute approximate surface area is 117 Å². The maximum Gasteiger partial charge on any atom is 0.347 e. The third-order valence-electron chi connectivity index (χ3n) is 2.45. The molecule has 0 spiro atoms. The van der Waals surface area contributed by atoms with Crippen LogP contribution in [0.15, 0.2) is 46.9 Å². The molecule has 19 heavy (non-hydrogen) atoms. The van der Waals surface area contributed by atoms with Crippen LogP contribution in [-0.2, 0) is 6.61 Å². The van der Waals surface area contributed by atoms with E-state index in [1.165, 1.54) is 12.1 Å². The number of nitrogens with zero attached hydrogens (tertiary/aromatic N) is 1. The first kappa shape index (κ1) is 13.5. The van der Waals surface area contributed by atoms with E-state index in [4.69, 9.17) is 4.74 Å². The average Bonchev–Trinajstić information content (AvgIpc) is 2.41. The lowest BCUT2D eigenvalue weighted by Gasteiger charge is -2.07. The van der Waals surface area contributed by atoms with Crippen molar-refractivity contribution in [2.45, 2.75) is 6.61 Å². The summed E-state index contributed by atoms with van der Waals surface area (Å²) < 4.78 is 19.0. The SMILES string of the molecule is O=[N+]([O-])c1c(OCc2ccccc2)ccc(Br)c1F. The molecule has 0 fully saturated rings. The fraction of sp³-hybridized carbons (Fsp3) is 0.0769. The Kier molecular flexibility index (Phi) is 4.11. The Morgan fingerprint density at radius 2 is 1.89 bits per heavy atom. The molecule has 0 aromatic heterocycles. The zero-order valence-corrected chi connectivity index (χ0v) is 11.3. The molecule has 0 atom stereocenters. The summed E-state index contributed by atoms with van der Waals surface area (Å²) in [5, 5.41) is 10.9. The topological polar surface area (TPSA) is 52.4 Å². The highest BCUT2D eigenvalue weighted by molar-refractivity contribution is 9.10. The van der Waals surface area contributed by atoms with Gasteiger partial charge in [0.15, 0.2) is 0 Å². The van der Waals surface area contributed by atoms with E-state index in [0.29, 0.717) is 0 Å². The van der Waals surface area contributed by atoms with E-state index in [0.717, 1.165) is 5.56 Å². The molecule has 0 radical (unpaired) electrons. The number of nitro groups is 1. The van der Waals surface area contributed by atoms with Crippen LogP contribution in [0.5, 0.6) is 5.75 Å². The summed E-state index contributed by atoms with van der Waals surface area (Å²) in [5.74, 6) is -1.02. The van der Waals surface area contributed by atoms with Crippen LogP contribution in [0.2, 0.25) is 0 Å². The molecule has 0 saturated heterocycles. The molecule has 6 heteroatoms. The minimum Gasteiger partial charge on any atom is -0.482 e. The van der Waals surface area contributed by atoms with Crippen LogP contribution in [0.1, 0.15) is 5.56 Å². The summed E-state index contributed by atoms with van der Waals surface area (Å²) in [5.41, 5.74) is 0.186. The van der Waals surface area contributed by atoms with Gasteiger partial charge in [-0.05, 0) is 33.6 Å². The van der Waals surface area contributed by atoms with E-state index >= 15 is 0 Å². The molecular weight excluding hydrogens is 317 g/mol. The molecule has 0 amide bonds. The van der Waals surface area contributed by atoms with Gasteiger partial charge >= 0.3 is 5.69 Å². The highest BCUT2D eigenvalue weighted by Gasteiger charge is 2.24. The number of hydrogen-bond donors (Lipinski definition) is 0. The lowest BCUT2D eigenvalue weighted by atomic mass is 10.2. The first-order valence-corrected chi connectivity index (χ1v) is 6.18. The average molecular weight is 326 g/mol. The number of rotatable bonds is 4. The molecule has 4 nitrogen and oxygen atoms in total. The normalized spacial score (nSPS) is 10.2. The van der Waals surface area contributed by atoms with Gasteiger partial charge in [-0.3, -0.25) is 10.1 Å². The monoisotopic (exact) mass is 325 g/mol. The summed E-state index contributed by atoms with van der Waals surface area (Å²) >= 11 is 2.91. The summed E-state index contributed by atoms with van der Waals surface area (Å²) in [6.45, 7) is 0.142. The Morgan fingerprint density at radius 3 is 2.53 bits per heavy atom. The van der Waals surface area contributed by atoms with E-state index in [1.807, 2.05) is 30.3 Å². The Hall–Kier alpha value is -1.95. The van der Waals surface area contributed by atoms with Crippen molar-refractivity contribution < 1.29 is 14.1 Å². The molecule has 0 bridgehead atoms. The fourth-order valence-corrected chi connectivity index (χ4v) is 1.86. The second-order valence-electron chi connectivity index (χ2n) is 3.74. The minimum atomic E-state index is -0.935. The predicted octanol–water partition coefficient (Wildman–Crippen LogP) is 4.08. The van der Waals surface area contributed by atoms with Gasteiger partial charge in [0.1, 0.15) is 6.61 Å². The van der Waals surface area contributed by atoms with Crippen LogP contribution >= 0.6 is 15.9 Å². The molecule has 0 aliphatic rings. The molecule has 0 saturated carbocycles. The maximum atomic E-state index is 13.7. The molecule has 0 unspecified atom stereocenters. The molecule has 0 aliphatic carbocycles. The molecule has 98 valence electrons. The predicted molar refractivity (Wildman–Crippen MR) is 71.5 cm³/mol. The highest BCUT2D eigenvalue weighted by atomic mass is 79.9. The quantitative estimate of drug-likeness (QED) is 0.628. The largest absolute Gasteiger partial charge is 0.482 e. The van der Waals surface area contributed by atoms with Crippen LogP contribution in [0.4, 0.5) is 10.1 Å². The minimum absolute atomic E-state index is 0.0336. The Balaban J connectivity index is 2.26. The standard InChI is InChI=1S/C13H9BrFNO3/c14-10-6-7-11(13(12(10)15)16(17)18)19-8-9-4-2-1-3-5-9/h1-7H,8H2. The number of nitro benzene ring substituents is 1. The van der Waals surface area contributed by atoms with Gasteiger partial charge in [-0.25, -0.2) is 0 Å².